The molecule has 0 spiro atoms. The second-order valence-corrected chi connectivity index (χ2v) is 8.98. The Morgan fingerprint density at radius 1 is 1.19 bits per heavy atom. The van der Waals surface area contributed by atoms with Gasteiger partial charge in [-0.15, -0.1) is 0 Å². The molecule has 1 aliphatic heterocycles. The zero-order chi connectivity index (χ0) is 19.6. The van der Waals surface area contributed by atoms with E-state index in [4.69, 9.17) is 10.5 Å². The number of ether oxygens (including phenoxy) is 1. The maximum atomic E-state index is 11.9. The van der Waals surface area contributed by atoms with Gasteiger partial charge in [-0.2, -0.15) is 4.98 Å². The molecule has 0 radical (unpaired) electrons. The van der Waals surface area contributed by atoms with Crippen LogP contribution in [-0.4, -0.2) is 38.3 Å². The van der Waals surface area contributed by atoms with Crippen LogP contribution in [0.4, 0.5) is 11.8 Å². The van der Waals surface area contributed by atoms with Crippen LogP contribution in [0.5, 0.6) is 5.75 Å². The van der Waals surface area contributed by atoms with E-state index in [0.29, 0.717) is 5.75 Å². The molecular weight excluding hydrogens is 364 g/mol. The topological polar surface area (TPSA) is 98.4 Å². The average Bonchev–Trinajstić information content (AvgIpc) is 2.85. The van der Waals surface area contributed by atoms with Crippen LogP contribution in [0, 0.1) is 6.92 Å². The Balaban J connectivity index is 2.08. The molecule has 7 nitrogen and oxygen atoms in total. The first-order valence-corrected chi connectivity index (χ1v) is 10.9. The summed E-state index contributed by atoms with van der Waals surface area (Å²) in [5, 5.41) is 0. The summed E-state index contributed by atoms with van der Waals surface area (Å²) in [5.41, 5.74) is 7.65. The van der Waals surface area contributed by atoms with Crippen molar-refractivity contribution < 1.29 is 13.2 Å². The first-order chi connectivity index (χ1) is 12.8. The molecule has 27 heavy (non-hydrogen) atoms. The van der Waals surface area contributed by atoms with E-state index in [1.807, 2.05) is 19.1 Å². The summed E-state index contributed by atoms with van der Waals surface area (Å²) in [6, 6.07) is 7.08. The van der Waals surface area contributed by atoms with Gasteiger partial charge in [0.15, 0.2) is 9.84 Å². The van der Waals surface area contributed by atoms with Crippen LogP contribution in [0.2, 0.25) is 0 Å². The van der Waals surface area contributed by atoms with Gasteiger partial charge in [-0.3, -0.25) is 0 Å². The van der Waals surface area contributed by atoms with Gasteiger partial charge in [0.05, 0.1) is 18.0 Å². The molecule has 146 valence electrons. The molecule has 1 fully saturated rings. The number of anilines is 2. The van der Waals surface area contributed by atoms with Gasteiger partial charge in [-0.1, -0.05) is 18.9 Å². The number of aryl methyl sites for hydroxylation is 1. The summed E-state index contributed by atoms with van der Waals surface area (Å²) in [6.45, 7) is 2.74. The van der Waals surface area contributed by atoms with Crippen LogP contribution in [-0.2, 0) is 9.84 Å². The number of methoxy groups -OCH3 is 1. The van der Waals surface area contributed by atoms with Crippen LogP contribution in [0.3, 0.4) is 0 Å². The van der Waals surface area contributed by atoms with Crippen molar-refractivity contribution in [2.45, 2.75) is 43.5 Å². The number of nitrogen functional groups attached to an aromatic ring is 1. The first kappa shape index (κ1) is 19.4. The van der Waals surface area contributed by atoms with Crippen LogP contribution in [0.25, 0.3) is 0 Å². The van der Waals surface area contributed by atoms with E-state index in [-0.39, 0.29) is 16.9 Å². The minimum absolute atomic E-state index is 0.0322. The third-order valence-corrected chi connectivity index (χ3v) is 6.01. The number of hydrogen-bond donors (Lipinski definition) is 1. The zero-order valence-corrected chi connectivity index (χ0v) is 16.8. The van der Waals surface area contributed by atoms with Crippen LogP contribution >= 0.6 is 0 Å². The maximum absolute atomic E-state index is 11.9. The fraction of sp³-hybridized carbons (Fsp3) is 0.474. The number of nitrogens with two attached hydrogens (primary N) is 1. The lowest BCUT2D eigenvalue weighted by Gasteiger charge is -2.32. The lowest BCUT2D eigenvalue weighted by Crippen LogP contribution is -2.30. The molecular formula is C19H26N4O3S. The van der Waals surface area contributed by atoms with Crippen molar-refractivity contribution in [2.75, 3.05) is 30.5 Å². The van der Waals surface area contributed by atoms with Crippen LogP contribution in [0.15, 0.2) is 29.2 Å². The van der Waals surface area contributed by atoms with Crippen molar-refractivity contribution in [1.82, 2.24) is 9.97 Å². The molecule has 8 heteroatoms. The van der Waals surface area contributed by atoms with Gasteiger partial charge in [0.25, 0.3) is 0 Å². The first-order valence-electron chi connectivity index (χ1n) is 9.05. The Labute approximate surface area is 160 Å². The molecule has 2 aromatic rings. The van der Waals surface area contributed by atoms with Crippen molar-refractivity contribution in [3.05, 3.63) is 35.5 Å². The van der Waals surface area contributed by atoms with Gasteiger partial charge < -0.3 is 15.4 Å². The summed E-state index contributed by atoms with van der Waals surface area (Å²) >= 11 is 0. The second kappa shape index (κ2) is 7.72. The van der Waals surface area contributed by atoms with Crippen LogP contribution in [0.1, 0.15) is 43.0 Å². The van der Waals surface area contributed by atoms with Gasteiger partial charge >= 0.3 is 0 Å². The van der Waals surface area contributed by atoms with E-state index in [2.05, 4.69) is 14.9 Å². The molecule has 0 bridgehead atoms. The Bertz CT molecular complexity index is 910. The highest BCUT2D eigenvalue weighted by atomic mass is 32.2. The Morgan fingerprint density at radius 2 is 1.96 bits per heavy atom. The third-order valence-electron chi connectivity index (χ3n) is 4.90. The summed E-state index contributed by atoms with van der Waals surface area (Å²) < 4.78 is 29.4. The molecule has 1 aromatic carbocycles. The molecule has 1 saturated heterocycles. The molecule has 2 heterocycles. The Kier molecular flexibility index (Phi) is 5.55. The summed E-state index contributed by atoms with van der Waals surface area (Å²) in [6.07, 6.45) is 5.40. The Morgan fingerprint density at radius 3 is 2.63 bits per heavy atom. The van der Waals surface area contributed by atoms with Gasteiger partial charge in [0.1, 0.15) is 11.6 Å². The predicted molar refractivity (Wildman–Crippen MR) is 106 cm³/mol. The fourth-order valence-corrected chi connectivity index (χ4v) is 4.26. The van der Waals surface area contributed by atoms with E-state index < -0.39 is 9.84 Å². The van der Waals surface area contributed by atoms with Crippen molar-refractivity contribution in [3.63, 3.8) is 0 Å². The number of rotatable bonds is 4. The number of aromatic nitrogens is 2. The molecule has 0 aliphatic carbocycles. The highest BCUT2D eigenvalue weighted by Gasteiger charge is 2.27. The molecule has 1 atom stereocenters. The monoisotopic (exact) mass is 390 g/mol. The van der Waals surface area contributed by atoms with Crippen molar-refractivity contribution >= 4 is 21.6 Å². The summed E-state index contributed by atoms with van der Waals surface area (Å²) in [7, 11) is -1.73. The van der Waals surface area contributed by atoms with Gasteiger partial charge in [0.2, 0.25) is 5.95 Å². The SMILES string of the molecule is COc1cc(S(C)(=O)=O)ccc1[C@H]1CCCCCN1c1cc(C)nc(N)n1. The normalized spacial score (nSPS) is 18.2. The predicted octanol–water partition coefficient (Wildman–Crippen LogP) is 2.90. The van der Waals surface area contributed by atoms with Gasteiger partial charge in [-0.05, 0) is 31.9 Å². The number of sulfone groups is 1. The molecule has 0 amide bonds. The average molecular weight is 391 g/mol. The highest BCUT2D eigenvalue weighted by molar-refractivity contribution is 7.90. The minimum atomic E-state index is -3.30. The minimum Gasteiger partial charge on any atom is -0.496 e. The number of benzene rings is 1. The summed E-state index contributed by atoms with van der Waals surface area (Å²) in [4.78, 5) is 11.1. The molecule has 3 rings (SSSR count). The van der Waals surface area contributed by atoms with E-state index in [1.54, 1.807) is 19.2 Å². The summed E-state index contributed by atoms with van der Waals surface area (Å²) in [5.74, 6) is 1.63. The largest absolute Gasteiger partial charge is 0.496 e. The van der Waals surface area contributed by atoms with E-state index in [1.165, 1.54) is 6.26 Å². The van der Waals surface area contributed by atoms with Gasteiger partial charge in [-0.25, -0.2) is 13.4 Å². The molecule has 0 saturated carbocycles. The van der Waals surface area contributed by atoms with Crippen LogP contribution < -0.4 is 15.4 Å². The molecule has 2 N–H and O–H groups in total. The van der Waals surface area contributed by atoms with Crippen molar-refractivity contribution in [2.24, 2.45) is 0 Å². The van der Waals surface area contributed by atoms with Gasteiger partial charge in [0, 0.05) is 30.1 Å². The van der Waals surface area contributed by atoms with E-state index in [9.17, 15) is 8.42 Å². The standard InChI is InChI=1S/C19H26N4O3S/c1-13-11-18(22-19(20)21-13)23-10-6-4-5-7-16(23)15-9-8-14(27(3,24)25)12-17(15)26-2/h8-9,11-12,16H,4-7,10H2,1-3H3,(H2,20,21,22)/t16-/m1/s1. The van der Waals surface area contributed by atoms with Crippen molar-refractivity contribution in [1.29, 1.82) is 0 Å². The Hall–Kier alpha value is -2.35. The zero-order valence-electron chi connectivity index (χ0n) is 16.0. The van der Waals surface area contributed by atoms with Crippen molar-refractivity contribution in [3.8, 4) is 5.75 Å². The molecule has 1 aromatic heterocycles. The smallest absolute Gasteiger partial charge is 0.222 e. The van der Waals surface area contributed by atoms with E-state index >= 15 is 0 Å². The fourth-order valence-electron chi connectivity index (χ4n) is 3.62. The number of hydrogen-bond acceptors (Lipinski definition) is 7. The second-order valence-electron chi connectivity index (χ2n) is 6.96. The third kappa shape index (κ3) is 4.32. The lowest BCUT2D eigenvalue weighted by molar-refractivity contribution is 0.401. The number of nitrogens with zero attached hydrogens (tertiary/aromatic N) is 3. The highest BCUT2D eigenvalue weighted by Crippen LogP contribution is 2.38. The lowest BCUT2D eigenvalue weighted by atomic mass is 9.99. The quantitative estimate of drug-likeness (QED) is 0.857. The molecule has 1 aliphatic rings. The van der Waals surface area contributed by atoms with E-state index in [0.717, 1.165) is 49.3 Å². The molecule has 0 unspecified atom stereocenters. The maximum Gasteiger partial charge on any atom is 0.222 e.